The fourth-order valence-corrected chi connectivity index (χ4v) is 3.56. The molecule has 0 N–H and O–H groups in total. The van der Waals surface area contributed by atoms with Gasteiger partial charge in [0.1, 0.15) is 5.75 Å². The van der Waals surface area contributed by atoms with Crippen LogP contribution in [0, 0.1) is 0 Å². The number of nitrogens with zero attached hydrogens (tertiary/aromatic N) is 4. The van der Waals surface area contributed by atoms with Gasteiger partial charge in [-0.2, -0.15) is 0 Å². The smallest absolute Gasteiger partial charge is 0.247 e. The van der Waals surface area contributed by atoms with Crippen molar-refractivity contribution in [3.05, 3.63) is 66.1 Å². The van der Waals surface area contributed by atoms with E-state index in [1.54, 1.807) is 7.11 Å². The lowest BCUT2D eigenvalue weighted by atomic mass is 10.1. The van der Waals surface area contributed by atoms with Crippen molar-refractivity contribution < 1.29 is 13.9 Å². The highest BCUT2D eigenvalue weighted by atomic mass is 16.5. The highest BCUT2D eigenvalue weighted by molar-refractivity contribution is 5.79. The molecule has 1 aliphatic heterocycles. The molecule has 1 aromatic heterocycles. The zero-order chi connectivity index (χ0) is 20.8. The van der Waals surface area contributed by atoms with Gasteiger partial charge < -0.3 is 14.1 Å². The molecular formula is C23H26N4O3. The van der Waals surface area contributed by atoms with E-state index in [9.17, 15) is 4.79 Å². The molecule has 0 spiro atoms. The van der Waals surface area contributed by atoms with Gasteiger partial charge in [-0.15, -0.1) is 10.2 Å². The predicted octanol–water partition coefficient (Wildman–Crippen LogP) is 2.67. The minimum absolute atomic E-state index is 0.171. The number of amides is 1. The third-order valence-electron chi connectivity index (χ3n) is 5.37. The van der Waals surface area contributed by atoms with Crippen LogP contribution in [-0.2, 0) is 17.6 Å². The number of carbonyl (C=O) groups excluding carboxylic acids is 1. The molecule has 30 heavy (non-hydrogen) atoms. The van der Waals surface area contributed by atoms with Crippen LogP contribution in [0.15, 0.2) is 59.0 Å². The summed E-state index contributed by atoms with van der Waals surface area (Å²) in [5.41, 5.74) is 1.94. The lowest BCUT2D eigenvalue weighted by Gasteiger charge is -2.34. The Hall–Kier alpha value is -3.19. The number of methoxy groups -OCH3 is 1. The van der Waals surface area contributed by atoms with Gasteiger partial charge in [-0.1, -0.05) is 30.3 Å². The first-order valence-corrected chi connectivity index (χ1v) is 10.2. The zero-order valence-electron chi connectivity index (χ0n) is 17.2. The Morgan fingerprint density at radius 3 is 2.43 bits per heavy atom. The van der Waals surface area contributed by atoms with Gasteiger partial charge in [0.2, 0.25) is 17.7 Å². The maximum absolute atomic E-state index is 12.6. The van der Waals surface area contributed by atoms with E-state index in [1.807, 2.05) is 59.5 Å². The molecule has 0 aliphatic carbocycles. The normalized spacial score (nSPS) is 14.6. The SMILES string of the molecule is COc1ccc(CC(=O)N2CCN(CCc3nnc(-c4ccccc4)o3)CC2)cc1. The first kappa shape index (κ1) is 20.1. The average molecular weight is 406 g/mol. The standard InChI is InChI=1S/C23H26N4O3/c1-29-20-9-7-18(8-10-20)17-22(28)27-15-13-26(14-16-27)12-11-21-24-25-23(30-21)19-5-3-2-4-6-19/h2-10H,11-17H2,1H3. The summed E-state index contributed by atoms with van der Waals surface area (Å²) in [5.74, 6) is 2.17. The van der Waals surface area contributed by atoms with E-state index in [4.69, 9.17) is 9.15 Å². The number of ether oxygens (including phenoxy) is 1. The van der Waals surface area contributed by atoms with Crippen LogP contribution in [0.1, 0.15) is 11.5 Å². The number of benzene rings is 2. The van der Waals surface area contributed by atoms with Crippen molar-refractivity contribution in [1.82, 2.24) is 20.0 Å². The summed E-state index contributed by atoms with van der Waals surface area (Å²) in [5, 5.41) is 8.30. The molecule has 0 atom stereocenters. The molecule has 3 aromatic rings. The van der Waals surface area contributed by atoms with Crippen molar-refractivity contribution in [2.45, 2.75) is 12.8 Å². The van der Waals surface area contributed by atoms with Crippen LogP contribution >= 0.6 is 0 Å². The van der Waals surface area contributed by atoms with Crippen molar-refractivity contribution in [3.8, 4) is 17.2 Å². The minimum Gasteiger partial charge on any atom is -0.497 e. The summed E-state index contributed by atoms with van der Waals surface area (Å²) < 4.78 is 10.9. The fraction of sp³-hybridized carbons (Fsp3) is 0.348. The average Bonchev–Trinajstić information content (AvgIpc) is 3.28. The predicted molar refractivity (Wildman–Crippen MR) is 113 cm³/mol. The van der Waals surface area contributed by atoms with E-state index < -0.39 is 0 Å². The van der Waals surface area contributed by atoms with Gasteiger partial charge >= 0.3 is 0 Å². The van der Waals surface area contributed by atoms with Crippen LogP contribution in [-0.4, -0.2) is 65.7 Å². The van der Waals surface area contributed by atoms with Crippen LogP contribution in [0.25, 0.3) is 11.5 Å². The van der Waals surface area contributed by atoms with Gasteiger partial charge in [0.25, 0.3) is 0 Å². The molecule has 0 radical (unpaired) electrons. The van der Waals surface area contributed by atoms with Crippen molar-refractivity contribution >= 4 is 5.91 Å². The van der Waals surface area contributed by atoms with Gasteiger partial charge in [0.15, 0.2) is 0 Å². The Kier molecular flexibility index (Phi) is 6.39. The topological polar surface area (TPSA) is 71.7 Å². The number of carbonyl (C=O) groups is 1. The quantitative estimate of drug-likeness (QED) is 0.601. The third-order valence-corrected chi connectivity index (χ3v) is 5.37. The highest BCUT2D eigenvalue weighted by Gasteiger charge is 2.21. The fourth-order valence-electron chi connectivity index (χ4n) is 3.56. The second-order valence-corrected chi connectivity index (χ2v) is 7.36. The van der Waals surface area contributed by atoms with Crippen molar-refractivity contribution in [2.24, 2.45) is 0 Å². The van der Waals surface area contributed by atoms with Crippen LogP contribution in [0.3, 0.4) is 0 Å². The Labute approximate surface area is 176 Å². The molecular weight excluding hydrogens is 380 g/mol. The zero-order valence-corrected chi connectivity index (χ0v) is 17.2. The Bertz CT molecular complexity index is 948. The van der Waals surface area contributed by atoms with E-state index in [-0.39, 0.29) is 5.91 Å². The van der Waals surface area contributed by atoms with Crippen LogP contribution in [0.2, 0.25) is 0 Å². The first-order valence-electron chi connectivity index (χ1n) is 10.2. The lowest BCUT2D eigenvalue weighted by Crippen LogP contribution is -2.49. The second-order valence-electron chi connectivity index (χ2n) is 7.36. The van der Waals surface area contributed by atoms with E-state index in [0.29, 0.717) is 24.6 Å². The summed E-state index contributed by atoms with van der Waals surface area (Å²) in [7, 11) is 1.64. The molecule has 1 fully saturated rings. The number of rotatable bonds is 7. The maximum atomic E-state index is 12.6. The van der Waals surface area contributed by atoms with Crippen LogP contribution in [0.5, 0.6) is 5.75 Å². The Morgan fingerprint density at radius 2 is 1.73 bits per heavy atom. The summed E-state index contributed by atoms with van der Waals surface area (Å²) in [6.45, 7) is 4.04. The van der Waals surface area contributed by atoms with Gasteiger partial charge in [0.05, 0.1) is 13.5 Å². The molecule has 2 aromatic carbocycles. The molecule has 156 valence electrons. The molecule has 0 bridgehead atoms. The van der Waals surface area contributed by atoms with Gasteiger partial charge in [-0.05, 0) is 29.8 Å². The Morgan fingerprint density at radius 1 is 1.00 bits per heavy atom. The molecule has 1 aliphatic rings. The molecule has 1 amide bonds. The van der Waals surface area contributed by atoms with Gasteiger partial charge in [0, 0.05) is 44.7 Å². The van der Waals surface area contributed by atoms with Crippen LogP contribution < -0.4 is 4.74 Å². The third kappa shape index (κ3) is 5.04. The highest BCUT2D eigenvalue weighted by Crippen LogP contribution is 2.17. The molecule has 0 saturated carbocycles. The molecule has 4 rings (SSSR count). The number of hydrogen-bond donors (Lipinski definition) is 0. The minimum atomic E-state index is 0.171. The van der Waals surface area contributed by atoms with Crippen molar-refractivity contribution in [3.63, 3.8) is 0 Å². The lowest BCUT2D eigenvalue weighted by molar-refractivity contribution is -0.132. The Balaban J connectivity index is 1.22. The summed E-state index contributed by atoms with van der Waals surface area (Å²) in [6, 6.07) is 17.5. The largest absolute Gasteiger partial charge is 0.497 e. The molecule has 7 nitrogen and oxygen atoms in total. The van der Waals surface area contributed by atoms with E-state index >= 15 is 0 Å². The maximum Gasteiger partial charge on any atom is 0.247 e. The number of hydrogen-bond acceptors (Lipinski definition) is 6. The van der Waals surface area contributed by atoms with E-state index in [0.717, 1.165) is 49.6 Å². The molecule has 2 heterocycles. The molecule has 7 heteroatoms. The number of piperazine rings is 1. The molecule has 0 unspecified atom stereocenters. The summed E-state index contributed by atoms with van der Waals surface area (Å²) >= 11 is 0. The van der Waals surface area contributed by atoms with Gasteiger partial charge in [-0.25, -0.2) is 0 Å². The van der Waals surface area contributed by atoms with E-state index in [1.165, 1.54) is 0 Å². The van der Waals surface area contributed by atoms with Gasteiger partial charge in [-0.3, -0.25) is 9.69 Å². The van der Waals surface area contributed by atoms with Crippen molar-refractivity contribution in [2.75, 3.05) is 39.8 Å². The van der Waals surface area contributed by atoms with Crippen molar-refractivity contribution in [1.29, 1.82) is 0 Å². The second kappa shape index (κ2) is 9.54. The molecule has 1 saturated heterocycles. The summed E-state index contributed by atoms with van der Waals surface area (Å²) in [6.07, 6.45) is 1.13. The monoisotopic (exact) mass is 406 g/mol. The van der Waals surface area contributed by atoms with E-state index in [2.05, 4.69) is 15.1 Å². The summed E-state index contributed by atoms with van der Waals surface area (Å²) in [4.78, 5) is 16.9. The first-order chi connectivity index (χ1) is 14.7. The number of aromatic nitrogens is 2. The van der Waals surface area contributed by atoms with Crippen LogP contribution in [0.4, 0.5) is 0 Å².